The Morgan fingerprint density at radius 2 is 2.04 bits per heavy atom. The van der Waals surface area contributed by atoms with Crippen LogP contribution in [0.1, 0.15) is 40.0 Å². The molecule has 2 heterocycles. The van der Waals surface area contributed by atoms with Crippen molar-refractivity contribution in [3.8, 4) is 0 Å². The standard InChI is InChI=1S/C18H30N4O4/c1-11-4-17(2,3)10-18(5-11)15(25)22(16(26)21-18)9-14(24)20-7-12-6-19-8-13(12)23/h11-13,19,23H,4-10H2,1-3H3,(H,20,24)(H,21,26). The van der Waals surface area contributed by atoms with E-state index in [1.54, 1.807) is 0 Å². The van der Waals surface area contributed by atoms with Gasteiger partial charge in [0, 0.05) is 25.6 Å². The average molecular weight is 366 g/mol. The minimum absolute atomic E-state index is 0.0372. The Morgan fingerprint density at radius 1 is 1.31 bits per heavy atom. The number of hydrogen-bond donors (Lipinski definition) is 4. The molecule has 0 radical (unpaired) electrons. The molecule has 4 unspecified atom stereocenters. The maximum absolute atomic E-state index is 13.0. The second-order valence-corrected chi connectivity index (χ2v) is 9.05. The molecule has 3 aliphatic rings. The van der Waals surface area contributed by atoms with E-state index in [1.807, 2.05) is 0 Å². The first-order valence-corrected chi connectivity index (χ1v) is 9.41. The maximum atomic E-state index is 13.0. The van der Waals surface area contributed by atoms with Gasteiger partial charge in [-0.25, -0.2) is 4.79 Å². The second kappa shape index (κ2) is 6.81. The van der Waals surface area contributed by atoms with Crippen LogP contribution in [0.3, 0.4) is 0 Å². The summed E-state index contributed by atoms with van der Waals surface area (Å²) in [5, 5.41) is 18.4. The highest BCUT2D eigenvalue weighted by molar-refractivity contribution is 6.09. The van der Waals surface area contributed by atoms with Crippen LogP contribution in [0.2, 0.25) is 0 Å². The van der Waals surface area contributed by atoms with Gasteiger partial charge in [-0.1, -0.05) is 20.8 Å². The lowest BCUT2D eigenvalue weighted by atomic mass is 9.64. The Balaban J connectivity index is 1.61. The van der Waals surface area contributed by atoms with E-state index in [0.717, 1.165) is 11.3 Å². The van der Waals surface area contributed by atoms with Crippen molar-refractivity contribution in [1.82, 2.24) is 20.9 Å². The van der Waals surface area contributed by atoms with Gasteiger partial charge in [-0.2, -0.15) is 0 Å². The number of rotatable bonds is 4. The summed E-state index contributed by atoms with van der Waals surface area (Å²) in [5.74, 6) is -0.394. The molecule has 0 aromatic heterocycles. The maximum Gasteiger partial charge on any atom is 0.325 e. The zero-order chi connectivity index (χ0) is 19.1. The number of carbonyl (C=O) groups excluding carboxylic acids is 3. The molecule has 1 saturated carbocycles. The summed E-state index contributed by atoms with van der Waals surface area (Å²) < 4.78 is 0. The fourth-order valence-corrected chi connectivity index (χ4v) is 5.02. The molecule has 4 N–H and O–H groups in total. The van der Waals surface area contributed by atoms with Crippen LogP contribution in [0.5, 0.6) is 0 Å². The summed E-state index contributed by atoms with van der Waals surface area (Å²) >= 11 is 0. The topological polar surface area (TPSA) is 111 Å². The van der Waals surface area contributed by atoms with Gasteiger partial charge in [0.15, 0.2) is 0 Å². The van der Waals surface area contributed by atoms with E-state index in [9.17, 15) is 19.5 Å². The van der Waals surface area contributed by atoms with E-state index < -0.39 is 17.7 Å². The summed E-state index contributed by atoms with van der Waals surface area (Å²) in [6, 6.07) is -0.488. The van der Waals surface area contributed by atoms with Crippen molar-refractivity contribution in [3.63, 3.8) is 0 Å². The van der Waals surface area contributed by atoms with E-state index >= 15 is 0 Å². The van der Waals surface area contributed by atoms with E-state index in [4.69, 9.17) is 0 Å². The first-order chi connectivity index (χ1) is 12.1. The Bertz CT molecular complexity index is 608. The van der Waals surface area contributed by atoms with Gasteiger partial charge in [-0.05, 0) is 30.6 Å². The van der Waals surface area contributed by atoms with Crippen LogP contribution in [0, 0.1) is 17.3 Å². The van der Waals surface area contributed by atoms with Crippen LogP contribution in [0.25, 0.3) is 0 Å². The molecule has 8 heteroatoms. The largest absolute Gasteiger partial charge is 0.391 e. The molecule has 0 bridgehead atoms. The monoisotopic (exact) mass is 366 g/mol. The van der Waals surface area contributed by atoms with Gasteiger partial charge in [0.05, 0.1) is 6.10 Å². The molecular weight excluding hydrogens is 336 g/mol. The molecule has 146 valence electrons. The molecule has 0 aromatic rings. The van der Waals surface area contributed by atoms with Gasteiger partial charge in [0.1, 0.15) is 12.1 Å². The molecule has 26 heavy (non-hydrogen) atoms. The third-order valence-corrected chi connectivity index (χ3v) is 5.79. The molecule has 2 saturated heterocycles. The van der Waals surface area contributed by atoms with Crippen LogP contribution >= 0.6 is 0 Å². The zero-order valence-corrected chi connectivity index (χ0v) is 15.8. The highest BCUT2D eigenvalue weighted by Gasteiger charge is 2.56. The van der Waals surface area contributed by atoms with Crippen molar-refractivity contribution in [1.29, 1.82) is 0 Å². The lowest BCUT2D eigenvalue weighted by Gasteiger charge is -2.43. The lowest BCUT2D eigenvalue weighted by Crippen LogP contribution is -2.54. The Morgan fingerprint density at radius 3 is 2.65 bits per heavy atom. The molecule has 4 amide bonds. The fraction of sp³-hybridized carbons (Fsp3) is 0.833. The molecular formula is C18H30N4O4. The number of urea groups is 1. The number of nitrogens with zero attached hydrogens (tertiary/aromatic N) is 1. The normalized spacial score (nSPS) is 36.5. The minimum Gasteiger partial charge on any atom is -0.391 e. The molecule has 3 fully saturated rings. The van der Waals surface area contributed by atoms with E-state index in [1.165, 1.54) is 0 Å². The van der Waals surface area contributed by atoms with E-state index in [2.05, 4.69) is 36.7 Å². The summed E-state index contributed by atoms with van der Waals surface area (Å²) in [7, 11) is 0. The third-order valence-electron chi connectivity index (χ3n) is 5.79. The first-order valence-electron chi connectivity index (χ1n) is 9.41. The molecule has 4 atom stereocenters. The predicted molar refractivity (Wildman–Crippen MR) is 95.1 cm³/mol. The number of nitrogens with one attached hydrogen (secondary N) is 3. The molecule has 1 spiro atoms. The molecule has 3 rings (SSSR count). The minimum atomic E-state index is -0.885. The second-order valence-electron chi connectivity index (χ2n) is 9.05. The number of imide groups is 1. The number of hydrogen-bond acceptors (Lipinski definition) is 5. The van der Waals surface area contributed by atoms with Gasteiger partial charge in [0.2, 0.25) is 5.91 Å². The molecule has 8 nitrogen and oxygen atoms in total. The summed E-state index contributed by atoms with van der Waals surface area (Å²) in [4.78, 5) is 38.6. The lowest BCUT2D eigenvalue weighted by molar-refractivity contribution is -0.137. The van der Waals surface area contributed by atoms with Crippen molar-refractivity contribution < 1.29 is 19.5 Å². The number of β-amino-alcohol motifs (C(OH)–C–C–N with tert-alkyl or cyclic N) is 1. The number of amides is 4. The van der Waals surface area contributed by atoms with Crippen LogP contribution in [-0.4, -0.2) is 65.7 Å². The van der Waals surface area contributed by atoms with Crippen LogP contribution in [0.15, 0.2) is 0 Å². The quantitative estimate of drug-likeness (QED) is 0.516. The predicted octanol–water partition coefficient (Wildman–Crippen LogP) is -0.180. The Kier molecular flexibility index (Phi) is 5.00. The van der Waals surface area contributed by atoms with Gasteiger partial charge in [-0.3, -0.25) is 14.5 Å². The number of aliphatic hydroxyl groups excluding tert-OH is 1. The average Bonchev–Trinajstić information content (AvgIpc) is 3.00. The zero-order valence-electron chi connectivity index (χ0n) is 15.8. The number of aliphatic hydroxyl groups is 1. The Labute approximate surface area is 154 Å². The summed E-state index contributed by atoms with van der Waals surface area (Å²) in [6.07, 6.45) is 1.73. The van der Waals surface area contributed by atoms with Crippen LogP contribution in [0.4, 0.5) is 4.79 Å². The van der Waals surface area contributed by atoms with Gasteiger partial charge in [-0.15, -0.1) is 0 Å². The van der Waals surface area contributed by atoms with Crippen molar-refractivity contribution >= 4 is 17.8 Å². The molecule has 1 aliphatic carbocycles. The third kappa shape index (κ3) is 3.71. The fourth-order valence-electron chi connectivity index (χ4n) is 5.02. The first kappa shape index (κ1) is 19.1. The van der Waals surface area contributed by atoms with Crippen LogP contribution in [-0.2, 0) is 9.59 Å². The van der Waals surface area contributed by atoms with E-state index in [0.29, 0.717) is 38.4 Å². The SMILES string of the molecule is CC1CC(C)(C)CC2(C1)NC(=O)N(CC(=O)NCC1CNCC1O)C2=O. The van der Waals surface area contributed by atoms with Gasteiger partial charge in [0.25, 0.3) is 5.91 Å². The Hall–Kier alpha value is -1.67. The van der Waals surface area contributed by atoms with Crippen molar-refractivity contribution in [2.75, 3.05) is 26.2 Å². The van der Waals surface area contributed by atoms with Gasteiger partial charge >= 0.3 is 6.03 Å². The van der Waals surface area contributed by atoms with Crippen molar-refractivity contribution in [2.45, 2.75) is 51.7 Å². The van der Waals surface area contributed by atoms with Crippen molar-refractivity contribution in [2.24, 2.45) is 17.3 Å². The molecule has 2 aliphatic heterocycles. The van der Waals surface area contributed by atoms with E-state index in [-0.39, 0.29) is 29.7 Å². The smallest absolute Gasteiger partial charge is 0.325 e. The summed E-state index contributed by atoms with van der Waals surface area (Å²) in [6.45, 7) is 7.52. The van der Waals surface area contributed by atoms with Gasteiger partial charge < -0.3 is 21.1 Å². The molecule has 0 aromatic carbocycles. The highest BCUT2D eigenvalue weighted by atomic mass is 16.3. The summed E-state index contributed by atoms with van der Waals surface area (Å²) in [5.41, 5.74) is -0.922. The number of carbonyl (C=O) groups is 3. The highest BCUT2D eigenvalue weighted by Crippen LogP contribution is 2.46. The van der Waals surface area contributed by atoms with Crippen LogP contribution < -0.4 is 16.0 Å². The van der Waals surface area contributed by atoms with Crippen molar-refractivity contribution in [3.05, 3.63) is 0 Å².